The molecule has 0 aliphatic heterocycles. The van der Waals surface area contributed by atoms with E-state index in [0.717, 1.165) is 0 Å². The van der Waals surface area contributed by atoms with Crippen molar-refractivity contribution >= 4 is 17.3 Å². The number of carbonyl (C=O) groups is 1. The fraction of sp³-hybridized carbons (Fsp3) is 0.125. The van der Waals surface area contributed by atoms with Gasteiger partial charge in [0.05, 0.1) is 11.6 Å². The largest absolute Gasteiger partial charge is 0.374 e. The number of nitriles is 1. The maximum absolute atomic E-state index is 12.8. The summed E-state index contributed by atoms with van der Waals surface area (Å²) >= 11 is 0. The number of nitrogens with zero attached hydrogens (tertiary/aromatic N) is 1. The standard InChI is InChI=1S/C16H14FN3O/c1-11(19-14-7-5-13(17)6-8-14)16(21)20-15-4-2-3-12(9-15)10-18/h2-9,11,19H,1H3,(H,20,21). The molecule has 4 nitrogen and oxygen atoms in total. The molecular formula is C16H14FN3O. The first-order valence-electron chi connectivity index (χ1n) is 6.41. The molecule has 2 aromatic carbocycles. The highest BCUT2D eigenvalue weighted by molar-refractivity contribution is 5.96. The van der Waals surface area contributed by atoms with Crippen molar-refractivity contribution in [3.8, 4) is 6.07 Å². The number of nitrogens with one attached hydrogen (secondary N) is 2. The molecule has 0 saturated carbocycles. The number of benzene rings is 2. The fourth-order valence-corrected chi connectivity index (χ4v) is 1.78. The Morgan fingerprint density at radius 2 is 1.90 bits per heavy atom. The molecule has 0 aliphatic carbocycles. The zero-order chi connectivity index (χ0) is 15.2. The Bertz CT molecular complexity index is 677. The van der Waals surface area contributed by atoms with Crippen LogP contribution in [0.2, 0.25) is 0 Å². The lowest BCUT2D eigenvalue weighted by atomic mass is 10.2. The first-order chi connectivity index (χ1) is 10.1. The van der Waals surface area contributed by atoms with Crippen molar-refractivity contribution in [1.82, 2.24) is 0 Å². The van der Waals surface area contributed by atoms with Gasteiger partial charge in [-0.25, -0.2) is 4.39 Å². The average molecular weight is 283 g/mol. The Morgan fingerprint density at radius 1 is 1.19 bits per heavy atom. The Balaban J connectivity index is 1.99. The van der Waals surface area contributed by atoms with E-state index in [4.69, 9.17) is 5.26 Å². The van der Waals surface area contributed by atoms with E-state index >= 15 is 0 Å². The van der Waals surface area contributed by atoms with Crippen molar-refractivity contribution in [2.45, 2.75) is 13.0 Å². The molecule has 1 amide bonds. The highest BCUT2D eigenvalue weighted by Crippen LogP contribution is 2.13. The first-order valence-corrected chi connectivity index (χ1v) is 6.41. The third kappa shape index (κ3) is 4.05. The van der Waals surface area contributed by atoms with Crippen LogP contribution in [0.25, 0.3) is 0 Å². The van der Waals surface area contributed by atoms with Crippen LogP contribution < -0.4 is 10.6 Å². The van der Waals surface area contributed by atoms with E-state index in [9.17, 15) is 9.18 Å². The molecule has 0 radical (unpaired) electrons. The Morgan fingerprint density at radius 3 is 2.57 bits per heavy atom. The summed E-state index contributed by atoms with van der Waals surface area (Å²) in [4.78, 5) is 12.1. The van der Waals surface area contributed by atoms with E-state index in [1.54, 1.807) is 43.3 Å². The predicted molar refractivity (Wildman–Crippen MR) is 79.3 cm³/mol. The number of rotatable bonds is 4. The molecule has 2 N–H and O–H groups in total. The lowest BCUT2D eigenvalue weighted by molar-refractivity contribution is -0.116. The highest BCUT2D eigenvalue weighted by Gasteiger charge is 2.13. The van der Waals surface area contributed by atoms with E-state index in [-0.39, 0.29) is 11.7 Å². The quantitative estimate of drug-likeness (QED) is 0.906. The summed E-state index contributed by atoms with van der Waals surface area (Å²) in [6.45, 7) is 1.70. The normalized spacial score (nSPS) is 11.3. The number of hydrogen-bond acceptors (Lipinski definition) is 3. The Labute approximate surface area is 122 Å². The van der Waals surface area contributed by atoms with Gasteiger partial charge in [0.25, 0.3) is 0 Å². The maximum Gasteiger partial charge on any atom is 0.246 e. The van der Waals surface area contributed by atoms with Crippen LogP contribution in [0, 0.1) is 17.1 Å². The van der Waals surface area contributed by atoms with Gasteiger partial charge in [-0.15, -0.1) is 0 Å². The third-order valence-electron chi connectivity index (χ3n) is 2.88. The van der Waals surface area contributed by atoms with Gasteiger partial charge < -0.3 is 10.6 Å². The summed E-state index contributed by atoms with van der Waals surface area (Å²) in [6.07, 6.45) is 0. The number of carbonyl (C=O) groups excluding carboxylic acids is 1. The van der Waals surface area contributed by atoms with Gasteiger partial charge in [-0.1, -0.05) is 6.07 Å². The Kier molecular flexibility index (Phi) is 4.52. The molecule has 0 saturated heterocycles. The van der Waals surface area contributed by atoms with E-state index < -0.39 is 6.04 Å². The topological polar surface area (TPSA) is 64.9 Å². The van der Waals surface area contributed by atoms with E-state index in [1.165, 1.54) is 12.1 Å². The maximum atomic E-state index is 12.8. The van der Waals surface area contributed by atoms with Crippen LogP contribution in [0.15, 0.2) is 48.5 Å². The second-order valence-corrected chi connectivity index (χ2v) is 4.55. The van der Waals surface area contributed by atoms with Crippen LogP contribution in [-0.2, 0) is 4.79 Å². The number of amides is 1. The minimum Gasteiger partial charge on any atom is -0.374 e. The summed E-state index contributed by atoms with van der Waals surface area (Å²) in [7, 11) is 0. The van der Waals surface area contributed by atoms with Crippen molar-refractivity contribution in [3.63, 3.8) is 0 Å². The van der Waals surface area contributed by atoms with Crippen LogP contribution in [0.3, 0.4) is 0 Å². The van der Waals surface area contributed by atoms with Gasteiger partial charge in [-0.05, 0) is 49.4 Å². The van der Waals surface area contributed by atoms with Crippen LogP contribution in [-0.4, -0.2) is 11.9 Å². The van der Waals surface area contributed by atoms with Crippen LogP contribution in [0.5, 0.6) is 0 Å². The van der Waals surface area contributed by atoms with E-state index in [1.807, 2.05) is 6.07 Å². The number of anilines is 2. The molecule has 0 heterocycles. The van der Waals surface area contributed by atoms with Gasteiger partial charge >= 0.3 is 0 Å². The summed E-state index contributed by atoms with van der Waals surface area (Å²) in [5.41, 5.74) is 1.70. The molecule has 2 aromatic rings. The molecule has 0 aliphatic rings. The van der Waals surface area contributed by atoms with Crippen molar-refractivity contribution in [2.75, 3.05) is 10.6 Å². The van der Waals surface area contributed by atoms with Crippen LogP contribution in [0.1, 0.15) is 12.5 Å². The van der Waals surface area contributed by atoms with E-state index in [2.05, 4.69) is 10.6 Å². The molecule has 1 unspecified atom stereocenters. The van der Waals surface area contributed by atoms with Gasteiger partial charge in [0, 0.05) is 11.4 Å². The molecule has 21 heavy (non-hydrogen) atoms. The lowest BCUT2D eigenvalue weighted by Crippen LogP contribution is -2.31. The second-order valence-electron chi connectivity index (χ2n) is 4.55. The van der Waals surface area contributed by atoms with Crippen molar-refractivity contribution in [1.29, 1.82) is 5.26 Å². The van der Waals surface area contributed by atoms with Gasteiger partial charge in [0.15, 0.2) is 0 Å². The van der Waals surface area contributed by atoms with Gasteiger partial charge in [-0.3, -0.25) is 4.79 Å². The van der Waals surface area contributed by atoms with Crippen molar-refractivity contribution < 1.29 is 9.18 Å². The minimum atomic E-state index is -0.499. The van der Waals surface area contributed by atoms with Gasteiger partial charge in [0.1, 0.15) is 11.9 Å². The predicted octanol–water partition coefficient (Wildman–Crippen LogP) is 3.14. The first kappa shape index (κ1) is 14.5. The molecule has 0 fully saturated rings. The average Bonchev–Trinajstić information content (AvgIpc) is 2.49. The molecule has 0 bridgehead atoms. The van der Waals surface area contributed by atoms with E-state index in [0.29, 0.717) is 16.9 Å². The zero-order valence-electron chi connectivity index (χ0n) is 11.4. The SMILES string of the molecule is CC(Nc1ccc(F)cc1)C(=O)Nc1cccc(C#N)c1. The molecule has 1 atom stereocenters. The van der Waals surface area contributed by atoms with Gasteiger partial charge in [0.2, 0.25) is 5.91 Å². The summed E-state index contributed by atoms with van der Waals surface area (Å²) < 4.78 is 12.8. The Hall–Kier alpha value is -2.87. The minimum absolute atomic E-state index is 0.241. The number of halogens is 1. The lowest BCUT2D eigenvalue weighted by Gasteiger charge is -2.15. The fourth-order valence-electron chi connectivity index (χ4n) is 1.78. The number of hydrogen-bond donors (Lipinski definition) is 2. The van der Waals surface area contributed by atoms with Crippen molar-refractivity contribution in [3.05, 3.63) is 59.9 Å². The molecule has 106 valence electrons. The highest BCUT2D eigenvalue weighted by atomic mass is 19.1. The summed E-state index contributed by atoms with van der Waals surface area (Å²) in [5, 5.41) is 14.5. The molecule has 2 rings (SSSR count). The molecule has 5 heteroatoms. The third-order valence-corrected chi connectivity index (χ3v) is 2.88. The van der Waals surface area contributed by atoms with Gasteiger partial charge in [-0.2, -0.15) is 5.26 Å². The van der Waals surface area contributed by atoms with Crippen LogP contribution in [0.4, 0.5) is 15.8 Å². The molecule has 0 spiro atoms. The smallest absolute Gasteiger partial charge is 0.246 e. The summed E-state index contributed by atoms with van der Waals surface area (Å²) in [6, 6.07) is 14.0. The zero-order valence-corrected chi connectivity index (χ0v) is 11.4. The van der Waals surface area contributed by atoms with Crippen LogP contribution >= 0.6 is 0 Å². The molecular weight excluding hydrogens is 269 g/mol. The second kappa shape index (κ2) is 6.53. The van der Waals surface area contributed by atoms with Crippen molar-refractivity contribution in [2.24, 2.45) is 0 Å². The molecule has 0 aromatic heterocycles. The monoisotopic (exact) mass is 283 g/mol. The summed E-state index contributed by atoms with van der Waals surface area (Å²) in [5.74, 6) is -0.569.